The Balaban J connectivity index is 2.20. The van der Waals surface area contributed by atoms with E-state index in [2.05, 4.69) is 11.8 Å². The van der Waals surface area contributed by atoms with Gasteiger partial charge >= 0.3 is 11.9 Å². The van der Waals surface area contributed by atoms with Crippen molar-refractivity contribution >= 4 is 11.9 Å². The molecule has 1 N–H and O–H groups in total. The largest absolute Gasteiger partial charge is 0.481 e. The van der Waals surface area contributed by atoms with Crippen LogP contribution in [0.25, 0.3) is 0 Å². The summed E-state index contributed by atoms with van der Waals surface area (Å²) in [6, 6.07) is 7.22. The first-order valence-electron chi connectivity index (χ1n) is 6.57. The monoisotopic (exact) mass is 272 g/mol. The molecular weight excluding hydrogens is 256 g/mol. The molecule has 1 fully saturated rings. The van der Waals surface area contributed by atoms with Gasteiger partial charge in [-0.05, 0) is 31.4 Å². The molecule has 0 spiro atoms. The lowest BCUT2D eigenvalue weighted by Gasteiger charge is -2.12. The van der Waals surface area contributed by atoms with Crippen molar-refractivity contribution in [1.29, 1.82) is 0 Å². The molecule has 0 aliphatic heterocycles. The molecule has 20 heavy (non-hydrogen) atoms. The summed E-state index contributed by atoms with van der Waals surface area (Å²) in [6.07, 6.45) is 1.29. The van der Waals surface area contributed by atoms with Crippen LogP contribution in [0.4, 0.5) is 0 Å². The van der Waals surface area contributed by atoms with E-state index in [9.17, 15) is 14.7 Å². The molecule has 0 heterocycles. The van der Waals surface area contributed by atoms with Crippen LogP contribution in [-0.2, 0) is 19.7 Å². The highest BCUT2D eigenvalue weighted by molar-refractivity contribution is 5.86. The molecule has 4 heteroatoms. The van der Waals surface area contributed by atoms with Gasteiger partial charge in [-0.3, -0.25) is 9.59 Å². The first-order chi connectivity index (χ1) is 9.60. The zero-order chi connectivity index (χ0) is 14.6. The van der Waals surface area contributed by atoms with E-state index >= 15 is 0 Å². The highest BCUT2D eigenvalue weighted by Gasteiger charge is 2.52. The molecule has 1 aliphatic carbocycles. The van der Waals surface area contributed by atoms with Gasteiger partial charge in [0, 0.05) is 5.56 Å². The Kier molecular flexibility index (Phi) is 4.09. The molecule has 4 nitrogen and oxygen atoms in total. The lowest BCUT2D eigenvalue weighted by molar-refractivity contribution is -0.142. The molecule has 1 aromatic rings. The van der Waals surface area contributed by atoms with Crippen LogP contribution in [0.2, 0.25) is 0 Å². The van der Waals surface area contributed by atoms with Crippen LogP contribution in [0.3, 0.4) is 0 Å². The first-order valence-corrected chi connectivity index (χ1v) is 6.57. The van der Waals surface area contributed by atoms with E-state index in [-0.39, 0.29) is 12.4 Å². The number of hydrogen-bond acceptors (Lipinski definition) is 3. The number of carbonyl (C=O) groups excluding carboxylic acids is 1. The molecule has 1 aliphatic rings. The van der Waals surface area contributed by atoms with Crippen LogP contribution in [-0.4, -0.2) is 23.7 Å². The summed E-state index contributed by atoms with van der Waals surface area (Å²) < 4.78 is 4.79. The Morgan fingerprint density at radius 1 is 1.35 bits per heavy atom. The maximum atomic E-state index is 11.4. The van der Waals surface area contributed by atoms with Gasteiger partial charge in [-0.2, -0.15) is 0 Å². The van der Waals surface area contributed by atoms with E-state index in [0.29, 0.717) is 25.0 Å². The predicted octanol–water partition coefficient (Wildman–Crippen LogP) is 2.11. The molecule has 1 saturated carbocycles. The topological polar surface area (TPSA) is 63.6 Å². The van der Waals surface area contributed by atoms with Gasteiger partial charge in [0.1, 0.15) is 6.42 Å². The zero-order valence-corrected chi connectivity index (χ0v) is 11.3. The van der Waals surface area contributed by atoms with E-state index in [1.807, 2.05) is 12.1 Å². The van der Waals surface area contributed by atoms with Crippen molar-refractivity contribution in [2.45, 2.75) is 31.6 Å². The maximum Gasteiger partial charge on any atom is 0.317 e. The van der Waals surface area contributed by atoms with Gasteiger partial charge in [-0.1, -0.05) is 30.0 Å². The molecule has 104 valence electrons. The number of benzene rings is 1. The fourth-order valence-electron chi connectivity index (χ4n) is 2.16. The standard InChI is InChI=1S/C16H16O4/c1-2-20-14(17)9-5-7-12-6-3-4-8-13(12)16(10-11-16)15(18)19/h3-4,6,8H,2,9-11H2,1H3,(H,18,19). The number of carboxylic acids is 1. The van der Waals surface area contributed by atoms with Crippen molar-refractivity contribution in [3.05, 3.63) is 35.4 Å². The molecule has 0 saturated heterocycles. The molecule has 0 bridgehead atoms. The molecule has 0 atom stereocenters. The third kappa shape index (κ3) is 2.83. The van der Waals surface area contributed by atoms with Crippen molar-refractivity contribution < 1.29 is 19.4 Å². The number of carbonyl (C=O) groups is 2. The van der Waals surface area contributed by atoms with Crippen molar-refractivity contribution in [2.75, 3.05) is 6.61 Å². The number of hydrogen-bond donors (Lipinski definition) is 1. The molecule has 0 unspecified atom stereocenters. The smallest absolute Gasteiger partial charge is 0.317 e. The quantitative estimate of drug-likeness (QED) is 0.673. The molecule has 2 rings (SSSR count). The summed E-state index contributed by atoms with van der Waals surface area (Å²) in [5.74, 6) is 4.47. The zero-order valence-electron chi connectivity index (χ0n) is 11.3. The third-order valence-electron chi connectivity index (χ3n) is 3.36. The van der Waals surface area contributed by atoms with Crippen molar-refractivity contribution in [1.82, 2.24) is 0 Å². The van der Waals surface area contributed by atoms with E-state index in [0.717, 1.165) is 5.56 Å². The predicted molar refractivity (Wildman–Crippen MR) is 73.1 cm³/mol. The number of rotatable bonds is 4. The third-order valence-corrected chi connectivity index (χ3v) is 3.36. The second-order valence-electron chi connectivity index (χ2n) is 4.72. The first kappa shape index (κ1) is 14.1. The van der Waals surface area contributed by atoms with Gasteiger partial charge in [-0.25, -0.2) is 0 Å². The molecular formula is C16H16O4. The second kappa shape index (κ2) is 5.79. The lowest BCUT2D eigenvalue weighted by atomic mass is 9.91. The average Bonchev–Trinajstić information content (AvgIpc) is 3.21. The number of esters is 1. The summed E-state index contributed by atoms with van der Waals surface area (Å²) in [6.45, 7) is 2.07. The van der Waals surface area contributed by atoms with Crippen molar-refractivity contribution in [3.8, 4) is 11.8 Å². The summed E-state index contributed by atoms with van der Waals surface area (Å²) in [5, 5.41) is 9.34. The van der Waals surface area contributed by atoms with Crippen LogP contribution in [0, 0.1) is 11.8 Å². The van der Waals surface area contributed by atoms with Crippen LogP contribution >= 0.6 is 0 Å². The molecule has 0 radical (unpaired) electrons. The normalized spacial score (nSPS) is 14.8. The Morgan fingerprint density at radius 3 is 2.65 bits per heavy atom. The van der Waals surface area contributed by atoms with Gasteiger partial charge in [0.15, 0.2) is 0 Å². The number of carboxylic acid groups (broad SMARTS) is 1. The van der Waals surface area contributed by atoms with Gasteiger partial charge in [0.05, 0.1) is 12.0 Å². The Morgan fingerprint density at radius 2 is 2.05 bits per heavy atom. The van der Waals surface area contributed by atoms with Crippen molar-refractivity contribution in [2.24, 2.45) is 0 Å². The second-order valence-corrected chi connectivity index (χ2v) is 4.72. The summed E-state index contributed by atoms with van der Waals surface area (Å²) in [5.41, 5.74) is 0.635. The van der Waals surface area contributed by atoms with Crippen LogP contribution in [0.1, 0.15) is 37.3 Å². The minimum absolute atomic E-state index is 0.0161. The highest BCUT2D eigenvalue weighted by Crippen LogP contribution is 2.49. The Bertz CT molecular complexity index is 588. The molecule has 0 amide bonds. The molecule has 1 aromatic carbocycles. The number of ether oxygens (including phenoxy) is 1. The minimum Gasteiger partial charge on any atom is -0.481 e. The fraction of sp³-hybridized carbons (Fsp3) is 0.375. The van der Waals surface area contributed by atoms with Gasteiger partial charge in [0.25, 0.3) is 0 Å². The lowest BCUT2D eigenvalue weighted by Crippen LogP contribution is -2.20. The van der Waals surface area contributed by atoms with Gasteiger partial charge < -0.3 is 9.84 Å². The Hall–Kier alpha value is -2.28. The van der Waals surface area contributed by atoms with Gasteiger partial charge in [-0.15, -0.1) is 0 Å². The number of aliphatic carboxylic acids is 1. The van der Waals surface area contributed by atoms with E-state index in [1.54, 1.807) is 19.1 Å². The highest BCUT2D eigenvalue weighted by atomic mass is 16.5. The van der Waals surface area contributed by atoms with Crippen LogP contribution in [0.5, 0.6) is 0 Å². The maximum absolute atomic E-state index is 11.4. The summed E-state index contributed by atoms with van der Waals surface area (Å²) in [7, 11) is 0. The van der Waals surface area contributed by atoms with E-state index < -0.39 is 11.4 Å². The summed E-state index contributed by atoms with van der Waals surface area (Å²) >= 11 is 0. The van der Waals surface area contributed by atoms with E-state index in [4.69, 9.17) is 4.74 Å². The average molecular weight is 272 g/mol. The van der Waals surface area contributed by atoms with Gasteiger partial charge in [0.2, 0.25) is 0 Å². The summed E-state index contributed by atoms with van der Waals surface area (Å²) in [4.78, 5) is 22.6. The van der Waals surface area contributed by atoms with Crippen LogP contribution < -0.4 is 0 Å². The molecule has 0 aromatic heterocycles. The Labute approximate surface area is 117 Å². The van der Waals surface area contributed by atoms with Crippen LogP contribution in [0.15, 0.2) is 24.3 Å². The SMILES string of the molecule is CCOC(=O)CC#Cc1ccccc1C1(C(=O)O)CC1. The fourth-order valence-corrected chi connectivity index (χ4v) is 2.16. The van der Waals surface area contributed by atoms with Crippen molar-refractivity contribution in [3.63, 3.8) is 0 Å². The minimum atomic E-state index is -0.808. The van der Waals surface area contributed by atoms with E-state index in [1.165, 1.54) is 0 Å².